The predicted octanol–water partition coefficient (Wildman–Crippen LogP) is 1.98. The number of halogens is 2. The Morgan fingerprint density at radius 3 is 3.10 bits per heavy atom. The molecule has 1 aromatic heterocycles. The lowest BCUT2D eigenvalue weighted by Gasteiger charge is -2.21. The van der Waals surface area contributed by atoms with Gasteiger partial charge in [-0.15, -0.1) is 0 Å². The van der Waals surface area contributed by atoms with Gasteiger partial charge in [0.05, 0.1) is 6.10 Å². The molecular formula is C14H18F2N2O3. The molecule has 1 aliphatic rings. The van der Waals surface area contributed by atoms with Crippen molar-refractivity contribution in [2.24, 2.45) is 0 Å². The molecule has 1 amide bonds. The van der Waals surface area contributed by atoms with Crippen LogP contribution in [0.4, 0.5) is 8.78 Å². The van der Waals surface area contributed by atoms with Gasteiger partial charge in [0.2, 0.25) is 5.88 Å². The van der Waals surface area contributed by atoms with E-state index >= 15 is 0 Å². The second-order valence-corrected chi connectivity index (χ2v) is 4.91. The molecule has 0 bridgehead atoms. The highest BCUT2D eigenvalue weighted by molar-refractivity contribution is 5.94. The van der Waals surface area contributed by atoms with Gasteiger partial charge in [0.1, 0.15) is 0 Å². The van der Waals surface area contributed by atoms with Crippen LogP contribution in [0.3, 0.4) is 0 Å². The van der Waals surface area contributed by atoms with Gasteiger partial charge in [-0.3, -0.25) is 4.79 Å². The first-order chi connectivity index (χ1) is 10.1. The molecule has 2 rings (SSSR count). The van der Waals surface area contributed by atoms with Crippen molar-refractivity contribution < 1.29 is 23.0 Å². The van der Waals surface area contributed by atoms with E-state index in [1.54, 1.807) is 11.9 Å². The highest BCUT2D eigenvalue weighted by Crippen LogP contribution is 2.16. The van der Waals surface area contributed by atoms with Crippen LogP contribution in [-0.2, 0) is 4.74 Å². The standard InChI is InChI=1S/C14H18F2N2O3/c1-18(8-11-3-2-6-20-11)14(19)10-4-5-17-13(7-10)21-9-12(15)16/h4-5,7,11-12H,2-3,6,8-9H2,1H3/t11-/m0/s1. The Morgan fingerprint density at radius 2 is 2.43 bits per heavy atom. The van der Waals surface area contributed by atoms with Crippen LogP contribution in [0.2, 0.25) is 0 Å². The molecule has 0 N–H and O–H groups in total. The number of hydrogen-bond donors (Lipinski definition) is 0. The fourth-order valence-electron chi connectivity index (χ4n) is 2.17. The average molecular weight is 300 g/mol. The zero-order valence-electron chi connectivity index (χ0n) is 11.8. The molecular weight excluding hydrogens is 282 g/mol. The molecule has 1 aliphatic heterocycles. The number of ether oxygens (including phenoxy) is 2. The summed E-state index contributed by atoms with van der Waals surface area (Å²) >= 11 is 0. The van der Waals surface area contributed by atoms with Crippen LogP contribution in [0.25, 0.3) is 0 Å². The van der Waals surface area contributed by atoms with Gasteiger partial charge in [0.15, 0.2) is 6.61 Å². The van der Waals surface area contributed by atoms with E-state index in [9.17, 15) is 13.6 Å². The van der Waals surface area contributed by atoms with Gasteiger partial charge in [-0.05, 0) is 18.9 Å². The summed E-state index contributed by atoms with van der Waals surface area (Å²) in [5.41, 5.74) is 0.356. The van der Waals surface area contributed by atoms with Crippen molar-refractivity contribution in [1.29, 1.82) is 0 Å². The van der Waals surface area contributed by atoms with E-state index in [1.807, 2.05) is 0 Å². The maximum Gasteiger partial charge on any atom is 0.272 e. The second-order valence-electron chi connectivity index (χ2n) is 4.91. The van der Waals surface area contributed by atoms with E-state index in [4.69, 9.17) is 9.47 Å². The van der Waals surface area contributed by atoms with E-state index in [0.29, 0.717) is 12.1 Å². The number of carbonyl (C=O) groups is 1. The molecule has 7 heteroatoms. The van der Waals surface area contributed by atoms with Gasteiger partial charge in [-0.1, -0.05) is 0 Å². The number of rotatable bonds is 6. The van der Waals surface area contributed by atoms with Crippen molar-refractivity contribution in [2.75, 3.05) is 26.8 Å². The van der Waals surface area contributed by atoms with Gasteiger partial charge in [0, 0.05) is 38.0 Å². The highest BCUT2D eigenvalue weighted by Gasteiger charge is 2.21. The van der Waals surface area contributed by atoms with Crippen LogP contribution in [0.1, 0.15) is 23.2 Å². The first-order valence-electron chi connectivity index (χ1n) is 6.80. The summed E-state index contributed by atoms with van der Waals surface area (Å²) in [4.78, 5) is 17.6. The molecule has 1 fully saturated rings. The van der Waals surface area contributed by atoms with Gasteiger partial charge < -0.3 is 14.4 Å². The Kier molecular flexibility index (Phi) is 5.44. The minimum Gasteiger partial charge on any atom is -0.472 e. The number of alkyl halides is 2. The lowest BCUT2D eigenvalue weighted by Crippen LogP contribution is -2.34. The molecule has 0 radical (unpaired) electrons. The summed E-state index contributed by atoms with van der Waals surface area (Å²) in [5, 5.41) is 0. The summed E-state index contributed by atoms with van der Waals surface area (Å²) in [7, 11) is 1.68. The number of hydrogen-bond acceptors (Lipinski definition) is 4. The highest BCUT2D eigenvalue weighted by atomic mass is 19.3. The van der Waals surface area contributed by atoms with E-state index in [-0.39, 0.29) is 17.9 Å². The summed E-state index contributed by atoms with van der Waals surface area (Å²) in [5.74, 6) is -0.193. The third-order valence-electron chi connectivity index (χ3n) is 3.19. The van der Waals surface area contributed by atoms with Crippen molar-refractivity contribution in [3.8, 4) is 5.88 Å². The lowest BCUT2D eigenvalue weighted by atomic mass is 10.2. The van der Waals surface area contributed by atoms with Gasteiger partial charge in [-0.25, -0.2) is 13.8 Å². The molecule has 0 saturated carbocycles. The first kappa shape index (κ1) is 15.6. The molecule has 5 nitrogen and oxygen atoms in total. The molecule has 21 heavy (non-hydrogen) atoms. The lowest BCUT2D eigenvalue weighted by molar-refractivity contribution is 0.0586. The van der Waals surface area contributed by atoms with Crippen molar-refractivity contribution in [1.82, 2.24) is 9.88 Å². The Morgan fingerprint density at radius 1 is 1.62 bits per heavy atom. The van der Waals surface area contributed by atoms with Gasteiger partial charge in [-0.2, -0.15) is 0 Å². The number of carbonyl (C=O) groups excluding carboxylic acids is 1. The number of nitrogens with zero attached hydrogens (tertiary/aromatic N) is 2. The number of amides is 1. The summed E-state index contributed by atoms with van der Waals surface area (Å²) in [6.07, 6.45) is 0.807. The van der Waals surface area contributed by atoms with E-state index < -0.39 is 13.0 Å². The fourth-order valence-corrected chi connectivity index (χ4v) is 2.17. The van der Waals surface area contributed by atoms with Crippen LogP contribution in [0.15, 0.2) is 18.3 Å². The minimum atomic E-state index is -2.58. The Bertz CT molecular complexity index is 479. The zero-order valence-corrected chi connectivity index (χ0v) is 11.8. The maximum absolute atomic E-state index is 12.3. The van der Waals surface area contributed by atoms with E-state index in [1.165, 1.54) is 18.3 Å². The predicted molar refractivity (Wildman–Crippen MR) is 71.7 cm³/mol. The quantitative estimate of drug-likeness (QED) is 0.806. The summed E-state index contributed by atoms with van der Waals surface area (Å²) in [6.45, 7) is 0.498. The molecule has 0 aromatic carbocycles. The molecule has 1 atom stereocenters. The second kappa shape index (κ2) is 7.31. The maximum atomic E-state index is 12.3. The molecule has 0 spiro atoms. The van der Waals surface area contributed by atoms with Crippen LogP contribution in [0, 0.1) is 0 Å². The zero-order chi connectivity index (χ0) is 15.2. The van der Waals surface area contributed by atoms with E-state index in [2.05, 4.69) is 4.98 Å². The van der Waals surface area contributed by atoms with E-state index in [0.717, 1.165) is 19.4 Å². The Balaban J connectivity index is 1.95. The van der Waals surface area contributed by atoms with Gasteiger partial charge in [0.25, 0.3) is 12.3 Å². The average Bonchev–Trinajstić information content (AvgIpc) is 2.97. The molecule has 1 aromatic rings. The fraction of sp³-hybridized carbons (Fsp3) is 0.571. The monoisotopic (exact) mass is 300 g/mol. The normalized spacial score (nSPS) is 18.0. The number of likely N-dealkylation sites (N-methyl/N-ethyl adjacent to an activating group) is 1. The first-order valence-corrected chi connectivity index (χ1v) is 6.80. The molecule has 1 saturated heterocycles. The van der Waals surface area contributed by atoms with Crippen LogP contribution in [-0.4, -0.2) is 55.1 Å². The molecule has 116 valence electrons. The molecule has 2 heterocycles. The molecule has 0 aliphatic carbocycles. The summed E-state index contributed by atoms with van der Waals surface area (Å²) < 4.78 is 34.5. The minimum absolute atomic E-state index is 0.0201. The third-order valence-corrected chi connectivity index (χ3v) is 3.19. The Hall–Kier alpha value is -1.76. The van der Waals surface area contributed by atoms with Crippen molar-refractivity contribution in [3.05, 3.63) is 23.9 Å². The third kappa shape index (κ3) is 4.63. The molecule has 0 unspecified atom stereocenters. The van der Waals surface area contributed by atoms with Crippen molar-refractivity contribution in [2.45, 2.75) is 25.4 Å². The van der Waals surface area contributed by atoms with Crippen LogP contribution >= 0.6 is 0 Å². The number of pyridine rings is 1. The van der Waals surface area contributed by atoms with Crippen molar-refractivity contribution in [3.63, 3.8) is 0 Å². The Labute approximate surface area is 121 Å². The van der Waals surface area contributed by atoms with Crippen molar-refractivity contribution >= 4 is 5.91 Å². The summed E-state index contributed by atoms with van der Waals surface area (Å²) in [6, 6.07) is 2.90. The SMILES string of the molecule is CN(C[C@@H]1CCCO1)C(=O)c1ccnc(OCC(F)F)c1. The largest absolute Gasteiger partial charge is 0.472 e. The van der Waals surface area contributed by atoms with Crippen LogP contribution in [0.5, 0.6) is 5.88 Å². The van der Waals surface area contributed by atoms with Gasteiger partial charge >= 0.3 is 0 Å². The van der Waals surface area contributed by atoms with Crippen LogP contribution < -0.4 is 4.74 Å². The smallest absolute Gasteiger partial charge is 0.272 e. The number of aromatic nitrogens is 1. The topological polar surface area (TPSA) is 51.7 Å².